The van der Waals surface area contributed by atoms with Crippen LogP contribution >= 0.6 is 12.4 Å². The molecule has 2 bridgehead atoms. The van der Waals surface area contributed by atoms with Gasteiger partial charge in [0.15, 0.2) is 5.82 Å². The Morgan fingerprint density at radius 3 is 2.43 bits per heavy atom. The summed E-state index contributed by atoms with van der Waals surface area (Å²) in [5.74, 6) is -3.38. The molecular weight excluding hydrogens is 427 g/mol. The number of aryl methyl sites for hydroxylation is 1. The van der Waals surface area contributed by atoms with E-state index in [1.165, 1.54) is 0 Å². The lowest BCUT2D eigenvalue weighted by atomic mass is 10.0. The van der Waals surface area contributed by atoms with Gasteiger partial charge in [0.2, 0.25) is 5.43 Å². The molecule has 3 aliphatic rings. The molecule has 1 aromatic heterocycles. The molecule has 0 unspecified atom stereocenters. The van der Waals surface area contributed by atoms with E-state index in [9.17, 15) is 23.5 Å². The van der Waals surface area contributed by atoms with Crippen LogP contribution in [0.2, 0.25) is 0 Å². The average molecular weight is 450 g/mol. The van der Waals surface area contributed by atoms with Crippen molar-refractivity contribution in [2.24, 2.45) is 0 Å². The summed E-state index contributed by atoms with van der Waals surface area (Å²) in [7, 11) is 0. The van der Waals surface area contributed by atoms with Crippen molar-refractivity contribution >= 4 is 35.0 Å². The molecule has 4 heterocycles. The molecular formula is C19H23ClF3N3O4. The van der Waals surface area contributed by atoms with Gasteiger partial charge < -0.3 is 24.9 Å². The minimum atomic E-state index is -1.53. The maximum absolute atomic E-state index is 15.5. The molecule has 3 N–H and O–H groups in total. The van der Waals surface area contributed by atoms with Gasteiger partial charge in [-0.2, -0.15) is 0 Å². The molecule has 3 fully saturated rings. The van der Waals surface area contributed by atoms with Crippen molar-refractivity contribution in [3.05, 3.63) is 39.7 Å². The van der Waals surface area contributed by atoms with Gasteiger partial charge in [0.05, 0.1) is 17.4 Å². The second kappa shape index (κ2) is 9.23. The Labute approximate surface area is 176 Å². The highest BCUT2D eigenvalue weighted by atomic mass is 35.5. The van der Waals surface area contributed by atoms with Crippen molar-refractivity contribution in [3.63, 3.8) is 0 Å². The summed E-state index contributed by atoms with van der Waals surface area (Å²) < 4.78 is 44.6. The van der Waals surface area contributed by atoms with E-state index in [4.69, 9.17) is 0 Å². The summed E-state index contributed by atoms with van der Waals surface area (Å²) in [6.45, 7) is 1.65. The molecule has 0 saturated carbocycles. The third-order valence-corrected chi connectivity index (χ3v) is 5.73. The van der Waals surface area contributed by atoms with Gasteiger partial charge in [-0.1, -0.05) is 0 Å². The molecule has 5 rings (SSSR count). The molecule has 3 saturated heterocycles. The zero-order chi connectivity index (χ0) is 20.0. The lowest BCUT2D eigenvalue weighted by Gasteiger charge is -2.33. The fraction of sp³-hybridized carbons (Fsp3) is 0.474. The molecule has 166 valence electrons. The number of hydrogen-bond acceptors (Lipinski definition) is 4. The number of benzene rings is 1. The summed E-state index contributed by atoms with van der Waals surface area (Å²) in [5.41, 5.74) is -2.11. The molecule has 11 heteroatoms. The molecule has 7 nitrogen and oxygen atoms in total. The van der Waals surface area contributed by atoms with E-state index in [1.54, 1.807) is 4.90 Å². The SMILES string of the molecule is Cl.O.O=C(O)c1cn(CCF)c2c(F)c(N3CCN4CCC3CC4)c(F)cc2c1=O. The van der Waals surface area contributed by atoms with Crippen LogP contribution in [-0.2, 0) is 6.54 Å². The molecule has 30 heavy (non-hydrogen) atoms. The molecule has 0 aliphatic carbocycles. The predicted molar refractivity (Wildman–Crippen MR) is 109 cm³/mol. The van der Waals surface area contributed by atoms with Gasteiger partial charge in [-0.25, -0.2) is 18.0 Å². The standard InChI is InChI=1S/C19H20F3N3O3.ClH.H2O/c20-3-6-24-10-13(19(27)28)18(26)12-9-14(21)17(15(22)16(12)24)25-8-7-23-4-1-11(25)2-5-23;;/h9-11H,1-8H2,(H,27,28);1H;1H2. The van der Waals surface area contributed by atoms with Crippen LogP contribution in [0.3, 0.4) is 0 Å². The topological polar surface area (TPSA) is 97.3 Å². The normalized spacial score (nSPS) is 20.4. The van der Waals surface area contributed by atoms with Crippen LogP contribution in [0.15, 0.2) is 17.1 Å². The number of nitrogens with zero attached hydrogens (tertiary/aromatic N) is 3. The number of carboxylic acid groups (broad SMARTS) is 1. The van der Waals surface area contributed by atoms with Crippen LogP contribution in [0, 0.1) is 11.6 Å². The molecule has 0 atom stereocenters. The maximum Gasteiger partial charge on any atom is 0.341 e. The van der Waals surface area contributed by atoms with Gasteiger partial charge in [0.1, 0.15) is 23.7 Å². The Kier molecular flexibility index (Phi) is 7.38. The lowest BCUT2D eigenvalue weighted by Crippen LogP contribution is -2.39. The second-order valence-corrected chi connectivity index (χ2v) is 7.24. The predicted octanol–water partition coefficient (Wildman–Crippen LogP) is 1.83. The summed E-state index contributed by atoms with van der Waals surface area (Å²) >= 11 is 0. The van der Waals surface area contributed by atoms with E-state index < -0.39 is 40.7 Å². The van der Waals surface area contributed by atoms with Crippen molar-refractivity contribution in [2.75, 3.05) is 37.8 Å². The fourth-order valence-corrected chi connectivity index (χ4v) is 4.34. The number of halogens is 4. The number of fused-ring (bicyclic) bond motifs is 5. The van der Waals surface area contributed by atoms with Gasteiger partial charge in [-0.05, 0) is 18.9 Å². The first-order valence-electron chi connectivity index (χ1n) is 9.25. The quantitative estimate of drug-likeness (QED) is 0.768. The smallest absolute Gasteiger partial charge is 0.341 e. The number of anilines is 1. The molecule has 0 spiro atoms. The molecule has 0 radical (unpaired) electrons. The first kappa shape index (κ1) is 24.0. The molecule has 2 aromatic rings. The monoisotopic (exact) mass is 449 g/mol. The number of carboxylic acids is 1. The summed E-state index contributed by atoms with van der Waals surface area (Å²) in [6.07, 6.45) is 2.50. The van der Waals surface area contributed by atoms with Crippen LogP contribution in [0.4, 0.5) is 18.9 Å². The van der Waals surface area contributed by atoms with E-state index in [0.29, 0.717) is 13.1 Å². The zero-order valence-electron chi connectivity index (χ0n) is 16.0. The van der Waals surface area contributed by atoms with Crippen molar-refractivity contribution in [3.8, 4) is 0 Å². The number of aromatic carboxylic acids is 1. The largest absolute Gasteiger partial charge is 0.477 e. The Balaban J connectivity index is 0.00000160. The Hall–Kier alpha value is -2.30. The minimum Gasteiger partial charge on any atom is -0.477 e. The first-order chi connectivity index (χ1) is 13.4. The summed E-state index contributed by atoms with van der Waals surface area (Å²) in [4.78, 5) is 27.7. The van der Waals surface area contributed by atoms with Crippen molar-refractivity contribution in [2.45, 2.75) is 25.4 Å². The van der Waals surface area contributed by atoms with Crippen molar-refractivity contribution < 1.29 is 28.5 Å². The first-order valence-corrected chi connectivity index (χ1v) is 9.25. The molecule has 1 aromatic carbocycles. The van der Waals surface area contributed by atoms with E-state index in [0.717, 1.165) is 42.8 Å². The third-order valence-electron chi connectivity index (χ3n) is 5.73. The minimum absolute atomic E-state index is 0. The van der Waals surface area contributed by atoms with Crippen LogP contribution in [0.5, 0.6) is 0 Å². The highest BCUT2D eigenvalue weighted by Crippen LogP contribution is 2.34. The third kappa shape index (κ3) is 3.86. The Morgan fingerprint density at radius 2 is 1.83 bits per heavy atom. The number of hydrogen-bond donors (Lipinski definition) is 1. The van der Waals surface area contributed by atoms with Gasteiger partial charge in [0, 0.05) is 38.4 Å². The molecule has 3 aliphatic heterocycles. The highest BCUT2D eigenvalue weighted by molar-refractivity contribution is 5.93. The Bertz CT molecular complexity index is 1010. The Morgan fingerprint density at radius 1 is 1.17 bits per heavy atom. The van der Waals surface area contributed by atoms with E-state index in [1.807, 2.05) is 0 Å². The van der Waals surface area contributed by atoms with Crippen LogP contribution < -0.4 is 10.3 Å². The summed E-state index contributed by atoms with van der Waals surface area (Å²) in [6, 6.07) is 0.870. The van der Waals surface area contributed by atoms with Gasteiger partial charge in [-0.3, -0.25) is 4.79 Å². The van der Waals surface area contributed by atoms with Crippen molar-refractivity contribution in [1.29, 1.82) is 0 Å². The van der Waals surface area contributed by atoms with Gasteiger partial charge in [0.25, 0.3) is 0 Å². The summed E-state index contributed by atoms with van der Waals surface area (Å²) in [5, 5.41) is 8.82. The second-order valence-electron chi connectivity index (χ2n) is 7.24. The van der Waals surface area contributed by atoms with Crippen LogP contribution in [0.25, 0.3) is 10.9 Å². The maximum atomic E-state index is 15.5. The number of aromatic nitrogens is 1. The van der Waals surface area contributed by atoms with Gasteiger partial charge in [-0.15, -0.1) is 12.4 Å². The number of rotatable bonds is 4. The van der Waals surface area contributed by atoms with Gasteiger partial charge >= 0.3 is 5.97 Å². The average Bonchev–Trinajstić information content (AvgIpc) is 2.98. The molecule has 0 amide bonds. The lowest BCUT2D eigenvalue weighted by molar-refractivity contribution is 0.0694. The zero-order valence-corrected chi connectivity index (χ0v) is 16.9. The highest BCUT2D eigenvalue weighted by Gasteiger charge is 2.33. The fourth-order valence-electron chi connectivity index (χ4n) is 4.34. The number of alkyl halides is 1. The van der Waals surface area contributed by atoms with Crippen molar-refractivity contribution in [1.82, 2.24) is 9.47 Å². The number of piperidine rings is 1. The number of pyridine rings is 1. The van der Waals surface area contributed by atoms with E-state index in [-0.39, 0.29) is 41.7 Å². The van der Waals surface area contributed by atoms with E-state index >= 15 is 4.39 Å². The number of carbonyl (C=O) groups is 1. The van der Waals surface area contributed by atoms with E-state index in [2.05, 4.69) is 4.90 Å². The van der Waals surface area contributed by atoms with Crippen LogP contribution in [0.1, 0.15) is 23.2 Å². The van der Waals surface area contributed by atoms with Crippen LogP contribution in [-0.4, -0.2) is 64.9 Å².